The van der Waals surface area contributed by atoms with Crippen molar-refractivity contribution in [3.8, 4) is 0 Å². The second-order valence-electron chi connectivity index (χ2n) is 4.76. The summed E-state index contributed by atoms with van der Waals surface area (Å²) in [6.45, 7) is 8.85. The van der Waals surface area contributed by atoms with Gasteiger partial charge in [-0.05, 0) is 30.4 Å². The number of hydrogen-bond acceptors (Lipinski definition) is 3. The SMILES string of the molecule is Cc1cc(N2CC(C)C(C)C2)ncc1N. The molecule has 1 saturated heterocycles. The summed E-state index contributed by atoms with van der Waals surface area (Å²) in [5, 5.41) is 0. The number of aryl methyl sites for hydroxylation is 1. The smallest absolute Gasteiger partial charge is 0.128 e. The summed E-state index contributed by atoms with van der Waals surface area (Å²) in [4.78, 5) is 6.74. The molecule has 3 nitrogen and oxygen atoms in total. The van der Waals surface area contributed by atoms with E-state index >= 15 is 0 Å². The molecular formula is C12H19N3. The van der Waals surface area contributed by atoms with Crippen LogP contribution in [0, 0.1) is 18.8 Å². The van der Waals surface area contributed by atoms with Crippen molar-refractivity contribution < 1.29 is 0 Å². The summed E-state index contributed by atoms with van der Waals surface area (Å²) >= 11 is 0. The maximum atomic E-state index is 5.76. The number of nitrogens with two attached hydrogens (primary N) is 1. The maximum absolute atomic E-state index is 5.76. The minimum atomic E-state index is 0.754. The molecule has 2 atom stereocenters. The molecule has 1 aliphatic rings. The van der Waals surface area contributed by atoms with E-state index in [9.17, 15) is 0 Å². The van der Waals surface area contributed by atoms with Crippen molar-refractivity contribution in [3.63, 3.8) is 0 Å². The second kappa shape index (κ2) is 3.72. The normalized spacial score (nSPS) is 25.9. The van der Waals surface area contributed by atoms with Gasteiger partial charge in [0.2, 0.25) is 0 Å². The van der Waals surface area contributed by atoms with Crippen LogP contribution in [0.3, 0.4) is 0 Å². The summed E-state index contributed by atoms with van der Waals surface area (Å²) in [5.41, 5.74) is 7.66. The summed E-state index contributed by atoms with van der Waals surface area (Å²) in [5.74, 6) is 2.58. The van der Waals surface area contributed by atoms with Gasteiger partial charge in [0.1, 0.15) is 5.82 Å². The van der Waals surface area contributed by atoms with Crippen LogP contribution in [0.1, 0.15) is 19.4 Å². The van der Waals surface area contributed by atoms with Gasteiger partial charge >= 0.3 is 0 Å². The number of nitrogen functional groups attached to an aromatic ring is 1. The standard InChI is InChI=1S/C12H19N3/c1-8-4-12(14-5-11(8)13)15-6-9(2)10(3)7-15/h4-5,9-10H,6-7,13H2,1-3H3. The Hall–Kier alpha value is -1.25. The Morgan fingerprint density at radius 1 is 1.33 bits per heavy atom. The van der Waals surface area contributed by atoms with Crippen LogP contribution in [0.5, 0.6) is 0 Å². The number of anilines is 2. The maximum Gasteiger partial charge on any atom is 0.128 e. The third-order valence-corrected chi connectivity index (χ3v) is 3.45. The predicted molar refractivity (Wildman–Crippen MR) is 63.9 cm³/mol. The minimum absolute atomic E-state index is 0.754. The Morgan fingerprint density at radius 2 is 1.93 bits per heavy atom. The predicted octanol–water partition coefficient (Wildman–Crippen LogP) is 2.06. The molecule has 3 heteroatoms. The van der Waals surface area contributed by atoms with Gasteiger partial charge in [0.15, 0.2) is 0 Å². The lowest BCUT2D eigenvalue weighted by Gasteiger charge is -2.17. The van der Waals surface area contributed by atoms with Crippen LogP contribution in [0.15, 0.2) is 12.3 Å². The largest absolute Gasteiger partial charge is 0.397 e. The fraction of sp³-hybridized carbons (Fsp3) is 0.583. The highest BCUT2D eigenvalue weighted by Crippen LogP contribution is 2.27. The molecule has 0 radical (unpaired) electrons. The zero-order valence-electron chi connectivity index (χ0n) is 9.70. The number of hydrogen-bond donors (Lipinski definition) is 1. The molecule has 1 fully saturated rings. The fourth-order valence-electron chi connectivity index (χ4n) is 2.04. The van der Waals surface area contributed by atoms with E-state index in [4.69, 9.17) is 5.73 Å². The molecule has 2 unspecified atom stereocenters. The fourth-order valence-corrected chi connectivity index (χ4v) is 2.04. The van der Waals surface area contributed by atoms with E-state index in [2.05, 4.69) is 29.8 Å². The first-order valence-electron chi connectivity index (χ1n) is 5.55. The second-order valence-corrected chi connectivity index (χ2v) is 4.76. The van der Waals surface area contributed by atoms with E-state index in [0.29, 0.717) is 0 Å². The van der Waals surface area contributed by atoms with E-state index in [1.54, 1.807) is 6.20 Å². The molecule has 0 spiro atoms. The van der Waals surface area contributed by atoms with Crippen LogP contribution < -0.4 is 10.6 Å². The Labute approximate surface area is 91.3 Å². The van der Waals surface area contributed by atoms with Crippen molar-refractivity contribution in [2.45, 2.75) is 20.8 Å². The Kier molecular flexibility index (Phi) is 2.55. The van der Waals surface area contributed by atoms with Crippen molar-refractivity contribution in [3.05, 3.63) is 17.8 Å². The van der Waals surface area contributed by atoms with Gasteiger partial charge in [-0.3, -0.25) is 0 Å². The van der Waals surface area contributed by atoms with Gasteiger partial charge in [-0.25, -0.2) is 4.98 Å². The Bertz CT molecular complexity index is 352. The van der Waals surface area contributed by atoms with Crippen LogP contribution in [-0.2, 0) is 0 Å². The first-order chi connectivity index (χ1) is 7.08. The van der Waals surface area contributed by atoms with Gasteiger partial charge in [-0.2, -0.15) is 0 Å². The summed E-state index contributed by atoms with van der Waals surface area (Å²) in [6.07, 6.45) is 1.76. The molecular weight excluding hydrogens is 186 g/mol. The molecule has 0 amide bonds. The van der Waals surface area contributed by atoms with E-state index in [-0.39, 0.29) is 0 Å². The molecule has 82 valence electrons. The molecule has 1 aromatic rings. The summed E-state index contributed by atoms with van der Waals surface area (Å²) in [7, 11) is 0. The Morgan fingerprint density at radius 3 is 2.47 bits per heavy atom. The zero-order chi connectivity index (χ0) is 11.0. The van der Waals surface area contributed by atoms with E-state index < -0.39 is 0 Å². The lowest BCUT2D eigenvalue weighted by atomic mass is 10.0. The molecule has 2 heterocycles. The van der Waals surface area contributed by atoms with Gasteiger partial charge in [-0.1, -0.05) is 13.8 Å². The summed E-state index contributed by atoms with van der Waals surface area (Å²) < 4.78 is 0. The highest BCUT2D eigenvalue weighted by atomic mass is 15.2. The van der Waals surface area contributed by atoms with Crippen molar-refractivity contribution in [2.24, 2.45) is 11.8 Å². The number of aromatic nitrogens is 1. The van der Waals surface area contributed by atoms with Gasteiger partial charge in [-0.15, -0.1) is 0 Å². The van der Waals surface area contributed by atoms with Crippen LogP contribution in [0.2, 0.25) is 0 Å². The van der Waals surface area contributed by atoms with Crippen molar-refractivity contribution in [1.29, 1.82) is 0 Å². The number of pyridine rings is 1. The lowest BCUT2D eigenvalue weighted by Crippen LogP contribution is -2.20. The van der Waals surface area contributed by atoms with Crippen molar-refractivity contribution >= 4 is 11.5 Å². The summed E-state index contributed by atoms with van der Waals surface area (Å²) in [6, 6.07) is 2.08. The number of rotatable bonds is 1. The van der Waals surface area contributed by atoms with Gasteiger partial charge in [0.25, 0.3) is 0 Å². The third-order valence-electron chi connectivity index (χ3n) is 3.45. The first kappa shape index (κ1) is 10.3. The molecule has 2 rings (SSSR count). The van der Waals surface area contributed by atoms with Gasteiger partial charge in [0.05, 0.1) is 11.9 Å². The molecule has 0 saturated carbocycles. The third kappa shape index (κ3) is 1.91. The first-order valence-corrected chi connectivity index (χ1v) is 5.55. The van der Waals surface area contributed by atoms with E-state index in [0.717, 1.165) is 42.0 Å². The average molecular weight is 205 g/mol. The number of nitrogens with zero attached hydrogens (tertiary/aromatic N) is 2. The highest BCUT2D eigenvalue weighted by molar-refractivity contribution is 5.52. The van der Waals surface area contributed by atoms with Crippen molar-refractivity contribution in [1.82, 2.24) is 4.98 Å². The van der Waals surface area contributed by atoms with Crippen LogP contribution in [0.4, 0.5) is 11.5 Å². The van der Waals surface area contributed by atoms with E-state index in [1.807, 2.05) is 6.92 Å². The molecule has 1 aliphatic heterocycles. The van der Waals surface area contributed by atoms with Crippen LogP contribution >= 0.6 is 0 Å². The van der Waals surface area contributed by atoms with Gasteiger partial charge < -0.3 is 10.6 Å². The molecule has 0 bridgehead atoms. The van der Waals surface area contributed by atoms with Crippen LogP contribution in [-0.4, -0.2) is 18.1 Å². The Balaban J connectivity index is 2.20. The molecule has 1 aromatic heterocycles. The van der Waals surface area contributed by atoms with Crippen molar-refractivity contribution in [2.75, 3.05) is 23.7 Å². The average Bonchev–Trinajstić information content (AvgIpc) is 2.52. The van der Waals surface area contributed by atoms with E-state index in [1.165, 1.54) is 0 Å². The minimum Gasteiger partial charge on any atom is -0.397 e. The highest BCUT2D eigenvalue weighted by Gasteiger charge is 2.26. The molecule has 2 N–H and O–H groups in total. The quantitative estimate of drug-likeness (QED) is 0.763. The topological polar surface area (TPSA) is 42.2 Å². The molecule has 0 aromatic carbocycles. The van der Waals surface area contributed by atoms with Gasteiger partial charge in [0, 0.05) is 13.1 Å². The van der Waals surface area contributed by atoms with Crippen LogP contribution in [0.25, 0.3) is 0 Å². The monoisotopic (exact) mass is 205 g/mol. The molecule has 15 heavy (non-hydrogen) atoms. The lowest BCUT2D eigenvalue weighted by molar-refractivity contribution is 0.494. The zero-order valence-corrected chi connectivity index (χ0v) is 9.70. The molecule has 0 aliphatic carbocycles.